The van der Waals surface area contributed by atoms with Crippen molar-refractivity contribution >= 4 is 17.9 Å². The molecule has 0 fully saturated rings. The Morgan fingerprint density at radius 2 is 1.61 bits per heavy atom. The molecule has 0 unspecified atom stereocenters. The molecule has 0 aromatic carbocycles. The second-order valence-corrected chi connectivity index (χ2v) is 5.38. The molecule has 0 saturated heterocycles. The van der Waals surface area contributed by atoms with Crippen molar-refractivity contribution in [3.05, 3.63) is 24.3 Å². The van der Waals surface area contributed by atoms with Crippen molar-refractivity contribution in [2.45, 2.75) is 58.0 Å². The minimum Gasteiger partial charge on any atom is -0.462 e. The first-order valence-corrected chi connectivity index (χ1v) is 7.41. The van der Waals surface area contributed by atoms with Crippen LogP contribution < -0.4 is 0 Å². The van der Waals surface area contributed by atoms with Gasteiger partial charge in [0, 0.05) is 18.6 Å². The summed E-state index contributed by atoms with van der Waals surface area (Å²) in [5, 5.41) is 9.80. The number of aliphatic hydroxyl groups is 1. The molecule has 0 aromatic rings. The summed E-state index contributed by atoms with van der Waals surface area (Å²) in [6.07, 6.45) is 2.16. The monoisotopic (exact) mass is 326 g/mol. The van der Waals surface area contributed by atoms with E-state index in [1.54, 1.807) is 13.8 Å². The maximum absolute atomic E-state index is 11.7. The van der Waals surface area contributed by atoms with E-state index < -0.39 is 42.3 Å². The topological polar surface area (TPSA) is 99.1 Å². The van der Waals surface area contributed by atoms with Crippen LogP contribution in [-0.2, 0) is 28.6 Å². The van der Waals surface area contributed by atoms with Gasteiger partial charge < -0.3 is 19.3 Å². The molecule has 0 spiro atoms. The highest BCUT2D eigenvalue weighted by Crippen LogP contribution is 2.08. The minimum absolute atomic E-state index is 0.0748. The van der Waals surface area contributed by atoms with Crippen molar-refractivity contribution in [2.75, 3.05) is 0 Å². The van der Waals surface area contributed by atoms with Crippen molar-refractivity contribution in [3.63, 3.8) is 0 Å². The summed E-state index contributed by atoms with van der Waals surface area (Å²) in [5.74, 6) is -1.84. The van der Waals surface area contributed by atoms with Crippen molar-refractivity contribution in [2.24, 2.45) is 0 Å². The van der Waals surface area contributed by atoms with Gasteiger partial charge in [-0.15, -0.1) is 0 Å². The molecule has 0 saturated carbocycles. The van der Waals surface area contributed by atoms with Gasteiger partial charge in [0.1, 0.15) is 24.4 Å². The smallest absolute Gasteiger partial charge is 0.330 e. The van der Waals surface area contributed by atoms with Crippen LogP contribution in [0.4, 0.5) is 0 Å². The zero-order chi connectivity index (χ0) is 17.4. The third-order valence-corrected chi connectivity index (χ3v) is 3.04. The van der Waals surface area contributed by atoms with Crippen LogP contribution in [0, 0.1) is 0 Å². The second-order valence-electron chi connectivity index (χ2n) is 5.38. The Labute approximate surface area is 134 Å². The van der Waals surface area contributed by atoms with Gasteiger partial charge >= 0.3 is 17.9 Å². The number of carbonyl (C=O) groups excluding carboxylic acids is 3. The van der Waals surface area contributed by atoms with Crippen LogP contribution in [0.5, 0.6) is 0 Å². The molecule has 7 heteroatoms. The van der Waals surface area contributed by atoms with Crippen molar-refractivity contribution in [1.82, 2.24) is 0 Å². The molecular weight excluding hydrogens is 304 g/mol. The van der Waals surface area contributed by atoms with Crippen LogP contribution in [0.15, 0.2) is 24.3 Å². The number of hydrogen-bond acceptors (Lipinski definition) is 7. The van der Waals surface area contributed by atoms with Crippen LogP contribution in [0.1, 0.15) is 33.6 Å². The Morgan fingerprint density at radius 1 is 0.957 bits per heavy atom. The minimum atomic E-state index is -1.15. The van der Waals surface area contributed by atoms with Gasteiger partial charge in [-0.25, -0.2) is 9.59 Å². The van der Waals surface area contributed by atoms with E-state index in [2.05, 4.69) is 0 Å². The maximum Gasteiger partial charge on any atom is 0.330 e. The Hall–Kier alpha value is -2.15. The molecule has 0 aliphatic carbocycles. The van der Waals surface area contributed by atoms with E-state index in [1.807, 2.05) is 0 Å². The standard InChI is InChI=1S/C16H22O7/c1-10-5-4-6-14(18)23-12(3)13(17)7-8-15(19)22-11(2)9-16(20)21-10/h4,6-8,10-13,17H,5,9H2,1-3H3/b6-4+,8-7+/t10-,11+,12-,13+/m0/s1. The Balaban J connectivity index is 2.82. The number of cyclic esters (lactones) is 3. The molecule has 1 rings (SSSR count). The number of esters is 3. The molecule has 4 atom stereocenters. The van der Waals surface area contributed by atoms with Gasteiger partial charge in [0.25, 0.3) is 0 Å². The van der Waals surface area contributed by atoms with Crippen molar-refractivity contribution in [3.8, 4) is 0 Å². The molecule has 0 amide bonds. The van der Waals surface area contributed by atoms with E-state index in [4.69, 9.17) is 14.2 Å². The summed E-state index contributed by atoms with van der Waals surface area (Å²) in [7, 11) is 0. The maximum atomic E-state index is 11.7. The summed E-state index contributed by atoms with van der Waals surface area (Å²) < 4.78 is 15.1. The molecule has 1 heterocycles. The van der Waals surface area contributed by atoms with Gasteiger partial charge in [0.15, 0.2) is 0 Å². The molecule has 1 aliphatic heterocycles. The molecule has 0 bridgehead atoms. The molecular formula is C16H22O7. The summed E-state index contributed by atoms with van der Waals surface area (Å²) in [5.41, 5.74) is 0. The summed E-state index contributed by atoms with van der Waals surface area (Å²) >= 11 is 0. The fourth-order valence-corrected chi connectivity index (χ4v) is 1.82. The first kappa shape index (κ1) is 18.9. The van der Waals surface area contributed by atoms with Gasteiger partial charge in [-0.1, -0.05) is 6.08 Å². The lowest BCUT2D eigenvalue weighted by atomic mass is 10.2. The van der Waals surface area contributed by atoms with E-state index in [-0.39, 0.29) is 6.42 Å². The molecule has 23 heavy (non-hydrogen) atoms. The van der Waals surface area contributed by atoms with Crippen LogP contribution in [0.3, 0.4) is 0 Å². The number of carbonyl (C=O) groups is 3. The lowest BCUT2D eigenvalue weighted by Gasteiger charge is -2.17. The second kappa shape index (κ2) is 9.09. The van der Waals surface area contributed by atoms with E-state index >= 15 is 0 Å². The molecule has 7 nitrogen and oxygen atoms in total. The third-order valence-electron chi connectivity index (χ3n) is 3.04. The largest absolute Gasteiger partial charge is 0.462 e. The normalized spacial score (nSPS) is 34.0. The fourth-order valence-electron chi connectivity index (χ4n) is 1.82. The van der Waals surface area contributed by atoms with Crippen LogP contribution in [0.2, 0.25) is 0 Å². The van der Waals surface area contributed by atoms with Crippen LogP contribution >= 0.6 is 0 Å². The first-order chi connectivity index (χ1) is 10.8. The van der Waals surface area contributed by atoms with E-state index in [9.17, 15) is 19.5 Å². The molecule has 0 radical (unpaired) electrons. The van der Waals surface area contributed by atoms with Crippen LogP contribution in [0.25, 0.3) is 0 Å². The van der Waals surface area contributed by atoms with Gasteiger partial charge in [-0.2, -0.15) is 0 Å². The van der Waals surface area contributed by atoms with Crippen molar-refractivity contribution in [1.29, 1.82) is 0 Å². The Morgan fingerprint density at radius 3 is 2.30 bits per heavy atom. The quantitative estimate of drug-likeness (QED) is 0.524. The Bertz CT molecular complexity index is 495. The molecule has 128 valence electrons. The first-order valence-electron chi connectivity index (χ1n) is 7.41. The summed E-state index contributed by atoms with van der Waals surface area (Å²) in [4.78, 5) is 34.8. The third kappa shape index (κ3) is 7.60. The van der Waals surface area contributed by atoms with Gasteiger partial charge in [-0.05, 0) is 26.8 Å². The van der Waals surface area contributed by atoms with Crippen molar-refractivity contribution < 1.29 is 33.7 Å². The zero-order valence-corrected chi connectivity index (χ0v) is 13.4. The lowest BCUT2D eigenvalue weighted by Crippen LogP contribution is -2.27. The SMILES string of the molecule is C[C@@H]1CC(=O)O[C@@H](C)C/C=C/C(=O)O[C@@H](C)[C@H](O)/C=C/C(=O)O1. The van der Waals surface area contributed by atoms with Crippen LogP contribution in [-0.4, -0.2) is 47.4 Å². The fraction of sp³-hybridized carbons (Fsp3) is 0.562. The molecule has 1 aliphatic rings. The Kier molecular flexibility index (Phi) is 7.47. The lowest BCUT2D eigenvalue weighted by molar-refractivity contribution is -0.154. The van der Waals surface area contributed by atoms with Gasteiger partial charge in [-0.3, -0.25) is 4.79 Å². The molecule has 0 aromatic heterocycles. The summed E-state index contributed by atoms with van der Waals surface area (Å²) in [6, 6.07) is 0. The number of hydrogen-bond donors (Lipinski definition) is 1. The number of rotatable bonds is 0. The predicted molar refractivity (Wildman–Crippen MR) is 80.2 cm³/mol. The average Bonchev–Trinajstić information content (AvgIpc) is 2.42. The number of ether oxygens (including phenoxy) is 3. The summed E-state index contributed by atoms with van der Waals surface area (Å²) in [6.45, 7) is 4.76. The van der Waals surface area contributed by atoms with Gasteiger partial charge in [0.05, 0.1) is 6.42 Å². The number of aliphatic hydroxyl groups excluding tert-OH is 1. The van der Waals surface area contributed by atoms with E-state index in [0.29, 0.717) is 6.42 Å². The van der Waals surface area contributed by atoms with E-state index in [1.165, 1.54) is 25.2 Å². The molecule has 1 N–H and O–H groups in total. The van der Waals surface area contributed by atoms with Gasteiger partial charge in [0.2, 0.25) is 0 Å². The average molecular weight is 326 g/mol. The highest BCUT2D eigenvalue weighted by molar-refractivity contribution is 5.83. The highest BCUT2D eigenvalue weighted by atomic mass is 16.6. The zero-order valence-electron chi connectivity index (χ0n) is 13.4. The van der Waals surface area contributed by atoms with E-state index in [0.717, 1.165) is 6.08 Å². The highest BCUT2D eigenvalue weighted by Gasteiger charge is 2.18. The predicted octanol–water partition coefficient (Wildman–Crippen LogP) is 1.05.